The van der Waals surface area contributed by atoms with Crippen LogP contribution in [0.25, 0.3) is 10.4 Å². The van der Waals surface area contributed by atoms with Crippen molar-refractivity contribution in [3.8, 4) is 16.5 Å². The van der Waals surface area contributed by atoms with Gasteiger partial charge in [0.1, 0.15) is 0 Å². The number of rotatable bonds is 7. The van der Waals surface area contributed by atoms with Gasteiger partial charge in [-0.3, -0.25) is 0 Å². The summed E-state index contributed by atoms with van der Waals surface area (Å²) in [6.07, 6.45) is 2.02. The van der Waals surface area contributed by atoms with Crippen LogP contribution in [0.5, 0.6) is 0 Å². The first-order chi connectivity index (χ1) is 10.3. The second-order valence-corrected chi connectivity index (χ2v) is 5.72. The summed E-state index contributed by atoms with van der Waals surface area (Å²) >= 11 is 1.68. The van der Waals surface area contributed by atoms with E-state index in [1.165, 1.54) is 4.88 Å². The molecule has 4 nitrogen and oxygen atoms in total. The van der Waals surface area contributed by atoms with Crippen molar-refractivity contribution in [1.82, 2.24) is 10.3 Å². The van der Waals surface area contributed by atoms with Gasteiger partial charge in [0, 0.05) is 6.54 Å². The second kappa shape index (κ2) is 7.77. The number of aromatic nitrogens is 1. The fourth-order valence-electron chi connectivity index (χ4n) is 2.10. The highest BCUT2D eigenvalue weighted by Crippen LogP contribution is 2.33. The van der Waals surface area contributed by atoms with Crippen LogP contribution >= 0.6 is 11.3 Å². The minimum absolute atomic E-state index is 0.687. The van der Waals surface area contributed by atoms with E-state index in [2.05, 4.69) is 23.6 Å². The van der Waals surface area contributed by atoms with Crippen LogP contribution in [-0.4, -0.2) is 25.1 Å². The molecule has 0 aliphatic rings. The third-order valence-electron chi connectivity index (χ3n) is 3.14. The van der Waals surface area contributed by atoms with Gasteiger partial charge < -0.3 is 10.6 Å². The maximum Gasteiger partial charge on any atom is 0.183 e. The lowest BCUT2D eigenvalue weighted by Crippen LogP contribution is -2.08. The highest BCUT2D eigenvalue weighted by atomic mass is 32.1. The maximum absolute atomic E-state index is 8.89. The average Bonchev–Trinajstić information content (AvgIpc) is 2.91. The molecule has 0 bridgehead atoms. The van der Waals surface area contributed by atoms with Gasteiger partial charge in [-0.15, -0.1) is 0 Å². The lowest BCUT2D eigenvalue weighted by Gasteiger charge is -2.02. The van der Waals surface area contributed by atoms with Crippen molar-refractivity contribution in [2.24, 2.45) is 0 Å². The summed E-state index contributed by atoms with van der Waals surface area (Å²) in [6.45, 7) is 3.93. The molecule has 0 aliphatic carbocycles. The molecule has 0 aliphatic heterocycles. The van der Waals surface area contributed by atoms with Crippen LogP contribution in [0.4, 0.5) is 5.13 Å². The van der Waals surface area contributed by atoms with Crippen molar-refractivity contribution in [3.05, 3.63) is 35.5 Å². The Morgan fingerprint density at radius 3 is 2.67 bits per heavy atom. The number of benzene rings is 1. The quantitative estimate of drug-likeness (QED) is 0.771. The predicted molar refractivity (Wildman–Crippen MR) is 88.7 cm³/mol. The molecule has 0 saturated heterocycles. The van der Waals surface area contributed by atoms with Gasteiger partial charge in [-0.05, 0) is 51.1 Å². The lowest BCUT2D eigenvalue weighted by molar-refractivity contribution is 0.718. The van der Waals surface area contributed by atoms with Crippen LogP contribution in [0.1, 0.15) is 24.6 Å². The van der Waals surface area contributed by atoms with Gasteiger partial charge in [0.25, 0.3) is 0 Å². The third-order valence-corrected chi connectivity index (χ3v) is 4.25. The number of nitrogens with one attached hydrogen (secondary N) is 2. The number of nitrogens with zero attached hydrogens (tertiary/aromatic N) is 2. The van der Waals surface area contributed by atoms with Gasteiger partial charge >= 0.3 is 0 Å². The molecule has 21 heavy (non-hydrogen) atoms. The molecule has 0 atom stereocenters. The standard InChI is InChI=1S/C16H20N4S/c1-3-19-16-20-14(5-4-10-18-2)15(21-16)13-8-6-12(11-17)7-9-13/h6-9,18H,3-5,10H2,1-2H3,(H,19,20). The van der Waals surface area contributed by atoms with Crippen molar-refractivity contribution in [2.75, 3.05) is 25.5 Å². The minimum atomic E-state index is 0.687. The minimum Gasteiger partial charge on any atom is -0.362 e. The van der Waals surface area contributed by atoms with Crippen molar-refractivity contribution in [1.29, 1.82) is 5.26 Å². The second-order valence-electron chi connectivity index (χ2n) is 4.72. The molecule has 0 saturated carbocycles. The molecule has 0 radical (unpaired) electrons. The Kier molecular flexibility index (Phi) is 5.73. The number of hydrogen-bond acceptors (Lipinski definition) is 5. The molecule has 1 heterocycles. The van der Waals surface area contributed by atoms with E-state index >= 15 is 0 Å². The zero-order valence-electron chi connectivity index (χ0n) is 12.4. The van der Waals surface area contributed by atoms with E-state index in [9.17, 15) is 0 Å². The smallest absolute Gasteiger partial charge is 0.183 e. The van der Waals surface area contributed by atoms with Gasteiger partial charge in [-0.2, -0.15) is 5.26 Å². The van der Waals surface area contributed by atoms with Crippen molar-refractivity contribution in [3.63, 3.8) is 0 Å². The Labute approximate surface area is 129 Å². The van der Waals surface area contributed by atoms with Gasteiger partial charge in [0.15, 0.2) is 5.13 Å². The van der Waals surface area contributed by atoms with E-state index < -0.39 is 0 Å². The highest BCUT2D eigenvalue weighted by molar-refractivity contribution is 7.19. The highest BCUT2D eigenvalue weighted by Gasteiger charge is 2.12. The summed E-state index contributed by atoms with van der Waals surface area (Å²) in [7, 11) is 1.96. The van der Waals surface area contributed by atoms with Crippen molar-refractivity contribution >= 4 is 16.5 Å². The van der Waals surface area contributed by atoms with Crippen LogP contribution in [0.15, 0.2) is 24.3 Å². The third kappa shape index (κ3) is 4.03. The molecular formula is C16H20N4S. The first kappa shape index (κ1) is 15.5. The predicted octanol–water partition coefficient (Wildman–Crippen LogP) is 3.27. The van der Waals surface area contributed by atoms with Gasteiger partial charge in [0.2, 0.25) is 0 Å². The average molecular weight is 300 g/mol. The van der Waals surface area contributed by atoms with E-state index in [1.54, 1.807) is 11.3 Å². The van der Waals surface area contributed by atoms with E-state index in [0.29, 0.717) is 5.56 Å². The Morgan fingerprint density at radius 1 is 1.29 bits per heavy atom. The number of aryl methyl sites for hydroxylation is 1. The molecule has 0 fully saturated rings. The number of nitriles is 1. The van der Waals surface area contributed by atoms with Crippen molar-refractivity contribution in [2.45, 2.75) is 19.8 Å². The van der Waals surface area contributed by atoms with E-state index in [1.807, 2.05) is 31.3 Å². The largest absolute Gasteiger partial charge is 0.362 e. The molecule has 0 amide bonds. The summed E-state index contributed by atoms with van der Waals surface area (Å²) in [4.78, 5) is 5.91. The molecule has 2 aromatic rings. The molecule has 2 N–H and O–H groups in total. The SMILES string of the molecule is CCNc1nc(CCCNC)c(-c2ccc(C#N)cc2)s1. The summed E-state index contributed by atoms with van der Waals surface area (Å²) in [5.74, 6) is 0. The van der Waals surface area contributed by atoms with E-state index in [4.69, 9.17) is 10.2 Å². The number of thiazole rings is 1. The van der Waals surface area contributed by atoms with Crippen LogP contribution in [0, 0.1) is 11.3 Å². The fraction of sp³-hybridized carbons (Fsp3) is 0.375. The van der Waals surface area contributed by atoms with E-state index in [-0.39, 0.29) is 0 Å². The molecule has 0 unspecified atom stereocenters. The lowest BCUT2D eigenvalue weighted by atomic mass is 10.1. The molecular weight excluding hydrogens is 280 g/mol. The van der Waals surface area contributed by atoms with Crippen LogP contribution < -0.4 is 10.6 Å². The number of anilines is 1. The first-order valence-corrected chi connectivity index (χ1v) is 7.98. The van der Waals surface area contributed by atoms with Crippen molar-refractivity contribution < 1.29 is 0 Å². The summed E-state index contributed by atoms with van der Waals surface area (Å²) < 4.78 is 0. The molecule has 0 spiro atoms. The van der Waals surface area contributed by atoms with Crippen LogP contribution in [0.3, 0.4) is 0 Å². The normalized spacial score (nSPS) is 10.3. The summed E-state index contributed by atoms with van der Waals surface area (Å²) in [6, 6.07) is 9.88. The molecule has 110 valence electrons. The molecule has 2 rings (SSSR count). The molecule has 1 aromatic carbocycles. The van der Waals surface area contributed by atoms with Gasteiger partial charge in [0.05, 0.1) is 22.2 Å². The Balaban J connectivity index is 2.27. The maximum atomic E-state index is 8.89. The molecule has 1 aromatic heterocycles. The fourth-order valence-corrected chi connectivity index (χ4v) is 3.19. The van der Waals surface area contributed by atoms with Crippen LogP contribution in [-0.2, 0) is 6.42 Å². The van der Waals surface area contributed by atoms with Gasteiger partial charge in [-0.1, -0.05) is 23.5 Å². The Hall–Kier alpha value is -1.90. The topological polar surface area (TPSA) is 60.7 Å². The Bertz CT molecular complexity index is 610. The zero-order valence-corrected chi connectivity index (χ0v) is 13.3. The molecule has 5 heteroatoms. The summed E-state index contributed by atoms with van der Waals surface area (Å²) in [5.41, 5.74) is 2.96. The monoisotopic (exact) mass is 300 g/mol. The zero-order chi connectivity index (χ0) is 15.1. The summed E-state index contributed by atoms with van der Waals surface area (Å²) in [5, 5.41) is 16.3. The van der Waals surface area contributed by atoms with Crippen LogP contribution in [0.2, 0.25) is 0 Å². The Morgan fingerprint density at radius 2 is 2.05 bits per heavy atom. The number of hydrogen-bond donors (Lipinski definition) is 2. The first-order valence-electron chi connectivity index (χ1n) is 7.17. The van der Waals surface area contributed by atoms with E-state index in [0.717, 1.165) is 42.3 Å². The van der Waals surface area contributed by atoms with Gasteiger partial charge in [-0.25, -0.2) is 4.98 Å².